The van der Waals surface area contributed by atoms with Crippen LogP contribution in [0.4, 0.5) is 11.6 Å². The summed E-state index contributed by atoms with van der Waals surface area (Å²) < 4.78 is 0. The highest BCUT2D eigenvalue weighted by Gasteiger charge is 2.18. The van der Waals surface area contributed by atoms with Gasteiger partial charge in [0.05, 0.1) is 5.56 Å². The maximum Gasteiger partial charge on any atom is 0.256 e. The zero-order chi connectivity index (χ0) is 15.4. The van der Waals surface area contributed by atoms with Gasteiger partial charge in [0, 0.05) is 31.2 Å². The number of carbonyl (C=O) groups excluding carboxylic acids is 1. The molecular weight excluding hydrogens is 276 g/mol. The number of amides is 1. The molecule has 1 fully saturated rings. The Hall–Kier alpha value is -2.43. The molecule has 2 aromatic rings. The van der Waals surface area contributed by atoms with Crippen LogP contribution in [0.2, 0.25) is 0 Å². The number of aryl methyl sites for hydroxylation is 1. The first-order chi connectivity index (χ1) is 10.7. The Labute approximate surface area is 130 Å². The summed E-state index contributed by atoms with van der Waals surface area (Å²) in [5.74, 6) is 0.528. The third kappa shape index (κ3) is 3.42. The van der Waals surface area contributed by atoms with Crippen molar-refractivity contribution in [2.24, 2.45) is 0 Å². The highest BCUT2D eigenvalue weighted by molar-refractivity contribution is 5.93. The van der Waals surface area contributed by atoms with E-state index in [0.717, 1.165) is 31.6 Å². The van der Waals surface area contributed by atoms with Gasteiger partial charge in [0.25, 0.3) is 5.91 Å². The first kappa shape index (κ1) is 14.5. The topological polar surface area (TPSA) is 58.1 Å². The van der Waals surface area contributed by atoms with Crippen molar-refractivity contribution in [3.05, 3.63) is 47.8 Å². The van der Waals surface area contributed by atoms with E-state index in [0.29, 0.717) is 11.5 Å². The molecule has 2 heterocycles. The molecule has 0 unspecified atom stereocenters. The fraction of sp³-hybridized carbons (Fsp3) is 0.353. The predicted octanol–water partition coefficient (Wildman–Crippen LogP) is 3.15. The standard InChI is InChI=1S/C17H20N4O/c1-13-5-7-15(8-6-13)20-17-18-11-14(12-19-17)16(22)21-9-3-2-4-10-21/h5-8,11-12H,2-4,9-10H2,1H3,(H,18,19,20). The summed E-state index contributed by atoms with van der Waals surface area (Å²) in [5, 5.41) is 3.13. The summed E-state index contributed by atoms with van der Waals surface area (Å²) in [6, 6.07) is 8.00. The minimum atomic E-state index is 0.0292. The number of carbonyl (C=O) groups is 1. The maximum atomic E-state index is 12.3. The van der Waals surface area contributed by atoms with Gasteiger partial charge >= 0.3 is 0 Å². The van der Waals surface area contributed by atoms with Crippen LogP contribution in [0.1, 0.15) is 35.2 Å². The van der Waals surface area contributed by atoms with Gasteiger partial charge in [0.1, 0.15) is 0 Å². The Morgan fingerprint density at radius 1 is 1.05 bits per heavy atom. The summed E-state index contributed by atoms with van der Waals surface area (Å²) in [6.07, 6.45) is 6.57. The van der Waals surface area contributed by atoms with E-state index in [1.807, 2.05) is 36.1 Å². The second-order valence-corrected chi connectivity index (χ2v) is 5.64. The van der Waals surface area contributed by atoms with Gasteiger partial charge in [-0.15, -0.1) is 0 Å². The molecule has 0 spiro atoms. The molecule has 0 radical (unpaired) electrons. The number of anilines is 2. The SMILES string of the molecule is Cc1ccc(Nc2ncc(C(=O)N3CCCCC3)cn2)cc1. The molecule has 22 heavy (non-hydrogen) atoms. The molecule has 0 bridgehead atoms. The van der Waals surface area contributed by atoms with Gasteiger partial charge < -0.3 is 10.2 Å². The fourth-order valence-electron chi connectivity index (χ4n) is 2.55. The first-order valence-electron chi connectivity index (χ1n) is 7.67. The number of nitrogens with one attached hydrogen (secondary N) is 1. The van der Waals surface area contributed by atoms with Crippen molar-refractivity contribution in [3.63, 3.8) is 0 Å². The van der Waals surface area contributed by atoms with Gasteiger partial charge in [-0.2, -0.15) is 0 Å². The van der Waals surface area contributed by atoms with Gasteiger partial charge in [-0.25, -0.2) is 9.97 Å². The molecule has 3 rings (SSSR count). The number of aromatic nitrogens is 2. The van der Waals surface area contributed by atoms with E-state index >= 15 is 0 Å². The Morgan fingerprint density at radius 3 is 2.32 bits per heavy atom. The molecule has 0 atom stereocenters. The minimum absolute atomic E-state index is 0.0292. The molecule has 1 N–H and O–H groups in total. The lowest BCUT2D eigenvalue weighted by atomic mass is 10.1. The zero-order valence-electron chi connectivity index (χ0n) is 12.7. The fourth-order valence-corrected chi connectivity index (χ4v) is 2.55. The van der Waals surface area contributed by atoms with Crippen molar-refractivity contribution in [3.8, 4) is 0 Å². The number of benzene rings is 1. The number of rotatable bonds is 3. The zero-order valence-corrected chi connectivity index (χ0v) is 12.7. The molecule has 1 aromatic heterocycles. The Balaban J connectivity index is 1.66. The summed E-state index contributed by atoms with van der Waals surface area (Å²) in [7, 11) is 0. The average Bonchev–Trinajstić information content (AvgIpc) is 2.58. The molecule has 114 valence electrons. The van der Waals surface area contributed by atoms with Gasteiger partial charge in [0.15, 0.2) is 0 Å². The minimum Gasteiger partial charge on any atom is -0.339 e. The number of hydrogen-bond donors (Lipinski definition) is 1. The maximum absolute atomic E-state index is 12.3. The molecule has 5 heteroatoms. The number of piperidine rings is 1. The first-order valence-corrected chi connectivity index (χ1v) is 7.67. The van der Waals surface area contributed by atoms with Crippen LogP contribution in [0.15, 0.2) is 36.7 Å². The summed E-state index contributed by atoms with van der Waals surface area (Å²) >= 11 is 0. The Morgan fingerprint density at radius 2 is 1.68 bits per heavy atom. The average molecular weight is 296 g/mol. The second-order valence-electron chi connectivity index (χ2n) is 5.64. The molecule has 1 saturated heterocycles. The summed E-state index contributed by atoms with van der Waals surface area (Å²) in [4.78, 5) is 22.7. The number of hydrogen-bond acceptors (Lipinski definition) is 4. The Kier molecular flexibility index (Phi) is 4.32. The lowest BCUT2D eigenvalue weighted by Gasteiger charge is -2.26. The van der Waals surface area contributed by atoms with Gasteiger partial charge in [-0.05, 0) is 38.3 Å². The van der Waals surface area contributed by atoms with Crippen LogP contribution in [0.5, 0.6) is 0 Å². The van der Waals surface area contributed by atoms with E-state index in [2.05, 4.69) is 15.3 Å². The molecule has 5 nitrogen and oxygen atoms in total. The molecule has 0 saturated carbocycles. The van der Waals surface area contributed by atoms with E-state index in [-0.39, 0.29) is 5.91 Å². The van der Waals surface area contributed by atoms with Crippen LogP contribution in [-0.4, -0.2) is 33.9 Å². The third-order valence-corrected chi connectivity index (χ3v) is 3.85. The van der Waals surface area contributed by atoms with Crippen molar-refractivity contribution < 1.29 is 4.79 Å². The van der Waals surface area contributed by atoms with E-state index in [1.165, 1.54) is 12.0 Å². The highest BCUT2D eigenvalue weighted by atomic mass is 16.2. The highest BCUT2D eigenvalue weighted by Crippen LogP contribution is 2.15. The molecular formula is C17H20N4O. The van der Waals surface area contributed by atoms with Crippen LogP contribution in [-0.2, 0) is 0 Å². The number of nitrogens with zero attached hydrogens (tertiary/aromatic N) is 3. The monoisotopic (exact) mass is 296 g/mol. The largest absolute Gasteiger partial charge is 0.339 e. The lowest BCUT2D eigenvalue weighted by Crippen LogP contribution is -2.35. The predicted molar refractivity (Wildman–Crippen MR) is 86.2 cm³/mol. The van der Waals surface area contributed by atoms with Crippen molar-refractivity contribution in [2.45, 2.75) is 26.2 Å². The van der Waals surface area contributed by atoms with Gasteiger partial charge in [-0.1, -0.05) is 17.7 Å². The van der Waals surface area contributed by atoms with Crippen molar-refractivity contribution in [1.29, 1.82) is 0 Å². The van der Waals surface area contributed by atoms with E-state index in [9.17, 15) is 4.79 Å². The van der Waals surface area contributed by atoms with Crippen molar-refractivity contribution >= 4 is 17.5 Å². The molecule has 1 amide bonds. The number of likely N-dealkylation sites (tertiary alicyclic amines) is 1. The van der Waals surface area contributed by atoms with Crippen LogP contribution >= 0.6 is 0 Å². The molecule has 1 aromatic carbocycles. The van der Waals surface area contributed by atoms with E-state index < -0.39 is 0 Å². The lowest BCUT2D eigenvalue weighted by molar-refractivity contribution is 0.0723. The van der Waals surface area contributed by atoms with Crippen LogP contribution in [0, 0.1) is 6.92 Å². The molecule has 1 aliphatic rings. The van der Waals surface area contributed by atoms with Crippen molar-refractivity contribution in [2.75, 3.05) is 18.4 Å². The van der Waals surface area contributed by atoms with E-state index in [4.69, 9.17) is 0 Å². The normalized spacial score (nSPS) is 14.7. The third-order valence-electron chi connectivity index (χ3n) is 3.85. The van der Waals surface area contributed by atoms with Crippen LogP contribution < -0.4 is 5.32 Å². The van der Waals surface area contributed by atoms with Gasteiger partial charge in [0.2, 0.25) is 5.95 Å². The van der Waals surface area contributed by atoms with Crippen molar-refractivity contribution in [1.82, 2.24) is 14.9 Å². The summed E-state index contributed by atoms with van der Waals surface area (Å²) in [5.41, 5.74) is 2.69. The quantitative estimate of drug-likeness (QED) is 0.945. The Bertz CT molecular complexity index is 631. The molecule has 1 aliphatic heterocycles. The van der Waals surface area contributed by atoms with Gasteiger partial charge in [-0.3, -0.25) is 4.79 Å². The van der Waals surface area contributed by atoms with Crippen LogP contribution in [0.3, 0.4) is 0 Å². The molecule has 0 aliphatic carbocycles. The van der Waals surface area contributed by atoms with Crippen LogP contribution in [0.25, 0.3) is 0 Å². The smallest absolute Gasteiger partial charge is 0.256 e. The van der Waals surface area contributed by atoms with E-state index in [1.54, 1.807) is 12.4 Å². The summed E-state index contributed by atoms with van der Waals surface area (Å²) in [6.45, 7) is 3.71. The second kappa shape index (κ2) is 6.56.